The normalized spacial score (nSPS) is 10.6. The van der Waals surface area contributed by atoms with Gasteiger partial charge in [-0.15, -0.1) is 11.3 Å². The van der Waals surface area contributed by atoms with Crippen LogP contribution in [0.15, 0.2) is 54.7 Å². The topological polar surface area (TPSA) is 84.2 Å². The van der Waals surface area contributed by atoms with Crippen LogP contribution in [0.5, 0.6) is 11.5 Å². The molecule has 0 bridgehead atoms. The number of hydrogen-bond acceptors (Lipinski definition) is 6. The van der Waals surface area contributed by atoms with E-state index in [9.17, 15) is 4.79 Å². The highest BCUT2D eigenvalue weighted by molar-refractivity contribution is 7.15. The number of hydrogen-bond donors (Lipinski definition) is 1. The predicted molar refractivity (Wildman–Crippen MR) is 118 cm³/mol. The first-order chi connectivity index (χ1) is 14.6. The molecule has 0 unspecified atom stereocenters. The van der Waals surface area contributed by atoms with E-state index in [2.05, 4.69) is 10.3 Å². The second kappa shape index (κ2) is 10.4. The van der Waals surface area contributed by atoms with Gasteiger partial charge in [0.2, 0.25) is 5.91 Å². The lowest BCUT2D eigenvalue weighted by molar-refractivity contribution is -0.111. The minimum absolute atomic E-state index is 0.0692. The number of nitrogens with one attached hydrogen (secondary N) is 1. The monoisotopic (exact) mass is 439 g/mol. The molecule has 0 aliphatic heterocycles. The molecule has 0 saturated carbocycles. The number of rotatable bonds is 8. The summed E-state index contributed by atoms with van der Waals surface area (Å²) < 4.78 is 10.5. The second-order valence-electron chi connectivity index (χ2n) is 6.08. The number of methoxy groups -OCH3 is 1. The van der Waals surface area contributed by atoms with Crippen molar-refractivity contribution in [3.8, 4) is 17.6 Å². The Bertz CT molecular complexity index is 1110. The summed E-state index contributed by atoms with van der Waals surface area (Å²) >= 11 is 7.60. The first kappa shape index (κ1) is 21.4. The van der Waals surface area contributed by atoms with Gasteiger partial charge >= 0.3 is 0 Å². The average Bonchev–Trinajstić information content (AvgIpc) is 3.19. The maximum absolute atomic E-state index is 12.2. The van der Waals surface area contributed by atoms with Crippen LogP contribution in [-0.4, -0.2) is 24.6 Å². The Labute approximate surface area is 183 Å². The van der Waals surface area contributed by atoms with Gasteiger partial charge in [-0.1, -0.05) is 35.9 Å². The molecule has 30 heavy (non-hydrogen) atoms. The lowest BCUT2D eigenvalue weighted by Crippen LogP contribution is -2.07. The van der Waals surface area contributed by atoms with Crippen LogP contribution in [0.2, 0.25) is 5.02 Å². The molecule has 152 valence electrons. The number of ether oxygens (including phenoxy) is 2. The van der Waals surface area contributed by atoms with Crippen molar-refractivity contribution >= 4 is 40.1 Å². The second-order valence-corrected chi connectivity index (χ2v) is 7.60. The minimum Gasteiger partial charge on any atom is -0.493 e. The highest BCUT2D eigenvalue weighted by Gasteiger charge is 2.08. The van der Waals surface area contributed by atoms with Gasteiger partial charge in [-0.25, -0.2) is 4.98 Å². The molecule has 1 aromatic heterocycles. The van der Waals surface area contributed by atoms with Gasteiger partial charge in [-0.3, -0.25) is 10.1 Å². The predicted octanol–water partition coefficient (Wildman–Crippen LogP) is 4.95. The van der Waals surface area contributed by atoms with E-state index in [1.165, 1.54) is 24.5 Å². The van der Waals surface area contributed by atoms with Crippen molar-refractivity contribution in [2.24, 2.45) is 0 Å². The Hall–Kier alpha value is -3.34. The Morgan fingerprint density at radius 1 is 1.30 bits per heavy atom. The van der Waals surface area contributed by atoms with Crippen molar-refractivity contribution in [1.29, 1.82) is 5.26 Å². The fourth-order valence-electron chi connectivity index (χ4n) is 2.61. The first-order valence-electron chi connectivity index (χ1n) is 8.94. The summed E-state index contributed by atoms with van der Waals surface area (Å²) in [5.74, 6) is 0.656. The van der Waals surface area contributed by atoms with E-state index in [1.54, 1.807) is 30.5 Å². The number of carbonyl (C=O) groups excluding carboxylic acids is 1. The smallest absolute Gasteiger partial charge is 0.250 e. The molecule has 1 N–H and O–H groups in total. The molecule has 1 heterocycles. The van der Waals surface area contributed by atoms with E-state index in [0.29, 0.717) is 28.1 Å². The number of halogens is 1. The molecular formula is C22H18ClN3O3S. The van der Waals surface area contributed by atoms with Crippen LogP contribution in [0.3, 0.4) is 0 Å². The van der Waals surface area contributed by atoms with Crippen LogP contribution in [0, 0.1) is 11.3 Å². The van der Waals surface area contributed by atoms with Crippen molar-refractivity contribution in [2.75, 3.05) is 19.0 Å². The fourth-order valence-corrected chi connectivity index (χ4v) is 3.65. The maximum atomic E-state index is 12.2. The third kappa shape index (κ3) is 5.83. The zero-order chi connectivity index (χ0) is 21.3. The number of amides is 1. The van der Waals surface area contributed by atoms with Crippen molar-refractivity contribution < 1.29 is 14.3 Å². The third-order valence-corrected chi connectivity index (χ3v) is 5.29. The van der Waals surface area contributed by atoms with Crippen molar-refractivity contribution in [3.63, 3.8) is 0 Å². The Morgan fingerprint density at radius 2 is 2.13 bits per heavy atom. The molecule has 0 aliphatic carbocycles. The van der Waals surface area contributed by atoms with Gasteiger partial charge in [0, 0.05) is 28.6 Å². The van der Waals surface area contributed by atoms with Gasteiger partial charge in [-0.2, -0.15) is 5.26 Å². The van der Waals surface area contributed by atoms with E-state index < -0.39 is 0 Å². The van der Waals surface area contributed by atoms with Gasteiger partial charge in [0.05, 0.1) is 7.11 Å². The molecule has 6 nitrogen and oxygen atoms in total. The molecule has 8 heteroatoms. The molecule has 2 aromatic carbocycles. The van der Waals surface area contributed by atoms with Crippen LogP contribution < -0.4 is 14.8 Å². The molecule has 0 atom stereocenters. The Kier molecular flexibility index (Phi) is 7.44. The quantitative estimate of drug-likeness (QED) is 0.502. The zero-order valence-electron chi connectivity index (χ0n) is 16.1. The number of thiazole rings is 1. The summed E-state index contributed by atoms with van der Waals surface area (Å²) in [7, 11) is 1.51. The number of carbonyl (C=O) groups is 1. The lowest BCUT2D eigenvalue weighted by Gasteiger charge is -2.08. The molecule has 0 fully saturated rings. The SMILES string of the molecule is COc1cc(/C=C/C(=O)Nc2ncc(Cc3ccccc3Cl)s2)ccc1OCC#N. The van der Waals surface area contributed by atoms with Crippen LogP contribution >= 0.6 is 22.9 Å². The fraction of sp³-hybridized carbons (Fsp3) is 0.136. The van der Waals surface area contributed by atoms with E-state index in [-0.39, 0.29) is 12.5 Å². The Balaban J connectivity index is 1.60. The summed E-state index contributed by atoms with van der Waals surface area (Å²) in [6.45, 7) is -0.0692. The van der Waals surface area contributed by atoms with Crippen molar-refractivity contribution in [3.05, 3.63) is 75.8 Å². The summed E-state index contributed by atoms with van der Waals surface area (Å²) in [5.41, 5.74) is 1.77. The van der Waals surface area contributed by atoms with E-state index >= 15 is 0 Å². The molecular weight excluding hydrogens is 422 g/mol. The molecule has 0 radical (unpaired) electrons. The number of nitrogens with zero attached hydrogens (tertiary/aromatic N) is 2. The van der Waals surface area contributed by atoms with Crippen LogP contribution in [0.1, 0.15) is 16.0 Å². The molecule has 3 rings (SSSR count). The molecule has 3 aromatic rings. The Morgan fingerprint density at radius 3 is 2.90 bits per heavy atom. The van der Waals surface area contributed by atoms with Crippen LogP contribution in [-0.2, 0) is 11.2 Å². The number of nitriles is 1. The van der Waals surface area contributed by atoms with Crippen molar-refractivity contribution in [2.45, 2.75) is 6.42 Å². The lowest BCUT2D eigenvalue weighted by atomic mass is 10.1. The van der Waals surface area contributed by atoms with Crippen LogP contribution in [0.4, 0.5) is 5.13 Å². The van der Waals surface area contributed by atoms with Crippen LogP contribution in [0.25, 0.3) is 6.08 Å². The summed E-state index contributed by atoms with van der Waals surface area (Å²) in [6, 6.07) is 14.7. The van der Waals surface area contributed by atoms with Gasteiger partial charge in [0.1, 0.15) is 6.07 Å². The van der Waals surface area contributed by atoms with E-state index in [1.807, 2.05) is 30.3 Å². The highest BCUT2D eigenvalue weighted by atomic mass is 35.5. The molecule has 1 amide bonds. The largest absolute Gasteiger partial charge is 0.493 e. The average molecular weight is 440 g/mol. The molecule has 0 spiro atoms. The number of anilines is 1. The van der Waals surface area contributed by atoms with Crippen molar-refractivity contribution in [1.82, 2.24) is 4.98 Å². The molecule has 0 saturated heterocycles. The molecule has 0 aliphatic rings. The highest BCUT2D eigenvalue weighted by Crippen LogP contribution is 2.28. The minimum atomic E-state index is -0.294. The summed E-state index contributed by atoms with van der Waals surface area (Å²) in [5, 5.41) is 12.6. The van der Waals surface area contributed by atoms with Gasteiger partial charge in [-0.05, 0) is 35.4 Å². The van der Waals surface area contributed by atoms with Gasteiger partial charge < -0.3 is 9.47 Å². The van der Waals surface area contributed by atoms with Gasteiger partial charge in [0.15, 0.2) is 23.2 Å². The maximum Gasteiger partial charge on any atom is 0.250 e. The van der Waals surface area contributed by atoms with E-state index in [0.717, 1.165) is 16.0 Å². The zero-order valence-corrected chi connectivity index (χ0v) is 17.7. The first-order valence-corrected chi connectivity index (χ1v) is 10.1. The standard InChI is InChI=1S/C22H18ClN3O3S/c1-28-20-12-15(6-8-19(20)29-11-10-24)7-9-21(27)26-22-25-14-17(30-22)13-16-4-2-3-5-18(16)23/h2-9,12,14H,11,13H2,1H3,(H,25,26,27)/b9-7+. The summed E-state index contributed by atoms with van der Waals surface area (Å²) in [6.07, 6.45) is 5.46. The van der Waals surface area contributed by atoms with Gasteiger partial charge in [0.25, 0.3) is 0 Å². The number of aromatic nitrogens is 1. The third-order valence-electron chi connectivity index (χ3n) is 4.01. The van der Waals surface area contributed by atoms with E-state index in [4.69, 9.17) is 26.3 Å². The number of benzene rings is 2. The summed E-state index contributed by atoms with van der Waals surface area (Å²) in [4.78, 5) is 17.5.